The molecule has 3 rings (SSSR count). The number of likely N-dealkylation sites (tertiary alicyclic amines) is 1. The topological polar surface area (TPSA) is 83.6 Å². The Morgan fingerprint density at radius 3 is 2.56 bits per heavy atom. The molecule has 1 aliphatic heterocycles. The molecule has 7 nitrogen and oxygen atoms in total. The van der Waals surface area contributed by atoms with Crippen molar-refractivity contribution in [2.45, 2.75) is 40.2 Å². The maximum absolute atomic E-state index is 12.5. The summed E-state index contributed by atoms with van der Waals surface area (Å²) in [5.74, 6) is 1.46. The fourth-order valence-electron chi connectivity index (χ4n) is 3.56. The van der Waals surface area contributed by atoms with Crippen molar-refractivity contribution in [2.75, 3.05) is 31.5 Å². The summed E-state index contributed by atoms with van der Waals surface area (Å²) in [6, 6.07) is 11.5. The lowest BCUT2D eigenvalue weighted by atomic mass is 9.97. The van der Waals surface area contributed by atoms with Crippen molar-refractivity contribution in [2.24, 2.45) is 11.8 Å². The molecule has 0 aliphatic carbocycles. The van der Waals surface area contributed by atoms with Crippen LogP contribution in [-0.2, 0) is 11.3 Å². The molecule has 1 fully saturated rings. The van der Waals surface area contributed by atoms with Crippen LogP contribution in [0.2, 0.25) is 0 Å². The quantitative estimate of drug-likeness (QED) is 0.644. The summed E-state index contributed by atoms with van der Waals surface area (Å²) in [6.45, 7) is 9.26. The zero-order valence-electron chi connectivity index (χ0n) is 19.3. The summed E-state index contributed by atoms with van der Waals surface area (Å²) in [6.07, 6.45) is 3.07. The van der Waals surface area contributed by atoms with Crippen molar-refractivity contribution < 1.29 is 14.3 Å². The van der Waals surface area contributed by atoms with E-state index in [2.05, 4.69) is 29.5 Å². The van der Waals surface area contributed by atoms with E-state index >= 15 is 0 Å². The highest BCUT2D eigenvalue weighted by Crippen LogP contribution is 2.18. The zero-order chi connectivity index (χ0) is 22.9. The molecule has 7 heteroatoms. The lowest BCUT2D eigenvalue weighted by Gasteiger charge is -2.31. The molecule has 0 spiro atoms. The van der Waals surface area contributed by atoms with E-state index in [4.69, 9.17) is 4.74 Å². The number of pyridine rings is 1. The summed E-state index contributed by atoms with van der Waals surface area (Å²) in [4.78, 5) is 30.9. The average molecular weight is 439 g/mol. The van der Waals surface area contributed by atoms with Gasteiger partial charge in [0, 0.05) is 37.9 Å². The van der Waals surface area contributed by atoms with Crippen LogP contribution in [0.3, 0.4) is 0 Å². The Kier molecular flexibility index (Phi) is 8.48. The molecule has 172 valence electrons. The summed E-state index contributed by atoms with van der Waals surface area (Å²) in [5.41, 5.74) is 2.77. The first-order valence-corrected chi connectivity index (χ1v) is 11.4. The first-order chi connectivity index (χ1) is 15.4. The number of rotatable bonds is 8. The minimum atomic E-state index is -0.272. The zero-order valence-corrected chi connectivity index (χ0v) is 19.3. The van der Waals surface area contributed by atoms with Gasteiger partial charge in [-0.1, -0.05) is 43.7 Å². The minimum absolute atomic E-state index is 0.0973. The molecule has 2 aromatic rings. The van der Waals surface area contributed by atoms with Gasteiger partial charge < -0.3 is 20.3 Å². The molecule has 1 saturated heterocycles. The van der Waals surface area contributed by atoms with Crippen LogP contribution in [0.15, 0.2) is 42.6 Å². The van der Waals surface area contributed by atoms with E-state index < -0.39 is 0 Å². The molecule has 0 radical (unpaired) electrons. The van der Waals surface area contributed by atoms with E-state index in [0.29, 0.717) is 42.9 Å². The molecule has 0 atom stereocenters. The molecule has 1 aromatic heterocycles. The van der Waals surface area contributed by atoms with Gasteiger partial charge in [0.2, 0.25) is 0 Å². The molecule has 0 bridgehead atoms. The van der Waals surface area contributed by atoms with Gasteiger partial charge in [0.25, 0.3) is 5.91 Å². The summed E-state index contributed by atoms with van der Waals surface area (Å²) in [5, 5.41) is 6.27. The summed E-state index contributed by atoms with van der Waals surface area (Å²) >= 11 is 0. The van der Waals surface area contributed by atoms with E-state index in [0.717, 1.165) is 24.9 Å². The summed E-state index contributed by atoms with van der Waals surface area (Å²) < 4.78 is 5.45. The lowest BCUT2D eigenvalue weighted by molar-refractivity contribution is 0.0801. The van der Waals surface area contributed by atoms with E-state index in [1.807, 2.05) is 31.2 Å². The number of carbonyl (C=O) groups is 2. The van der Waals surface area contributed by atoms with Crippen molar-refractivity contribution in [3.05, 3.63) is 59.3 Å². The number of benzene rings is 1. The number of aryl methyl sites for hydroxylation is 1. The molecular weight excluding hydrogens is 404 g/mol. The van der Waals surface area contributed by atoms with Gasteiger partial charge in [-0.2, -0.15) is 0 Å². The first kappa shape index (κ1) is 23.6. The molecule has 1 aromatic carbocycles. The second-order valence-electron chi connectivity index (χ2n) is 8.89. The number of carbonyl (C=O) groups excluding carboxylic acids is 2. The van der Waals surface area contributed by atoms with Crippen LogP contribution in [0.5, 0.6) is 0 Å². The number of ether oxygens (including phenoxy) is 1. The molecule has 2 heterocycles. The smallest absolute Gasteiger partial charge is 0.410 e. The Morgan fingerprint density at radius 1 is 1.16 bits per heavy atom. The number of anilines is 1. The Bertz CT molecular complexity index is 890. The van der Waals surface area contributed by atoms with Gasteiger partial charge in [-0.15, -0.1) is 0 Å². The van der Waals surface area contributed by atoms with Crippen LogP contribution < -0.4 is 10.6 Å². The fourth-order valence-corrected chi connectivity index (χ4v) is 3.56. The van der Waals surface area contributed by atoms with Crippen molar-refractivity contribution in [1.29, 1.82) is 0 Å². The van der Waals surface area contributed by atoms with Gasteiger partial charge in [-0.3, -0.25) is 4.79 Å². The molecule has 32 heavy (non-hydrogen) atoms. The number of nitrogens with zero attached hydrogens (tertiary/aromatic N) is 2. The van der Waals surface area contributed by atoms with Crippen LogP contribution in [0.1, 0.15) is 48.2 Å². The third-order valence-corrected chi connectivity index (χ3v) is 5.62. The van der Waals surface area contributed by atoms with Crippen LogP contribution in [0.25, 0.3) is 0 Å². The Balaban J connectivity index is 1.38. The normalized spacial score (nSPS) is 14.3. The molecule has 2 amide bonds. The largest absolute Gasteiger partial charge is 0.445 e. The van der Waals surface area contributed by atoms with Gasteiger partial charge in [0.05, 0.1) is 0 Å². The number of hydrogen-bond donors (Lipinski definition) is 2. The van der Waals surface area contributed by atoms with E-state index in [1.54, 1.807) is 23.2 Å². The molecule has 2 N–H and O–H groups in total. The van der Waals surface area contributed by atoms with Crippen LogP contribution in [-0.4, -0.2) is 48.1 Å². The van der Waals surface area contributed by atoms with E-state index in [1.165, 1.54) is 5.56 Å². The maximum Gasteiger partial charge on any atom is 0.410 e. The second kappa shape index (κ2) is 11.5. The van der Waals surface area contributed by atoms with Crippen molar-refractivity contribution in [1.82, 2.24) is 15.2 Å². The number of piperidine rings is 1. The number of amides is 2. The summed E-state index contributed by atoms with van der Waals surface area (Å²) in [7, 11) is 0. The molecular formula is C25H34N4O3. The standard InChI is InChI=1S/C25H34N4O3/c1-18(2)15-27-23-14-22(8-11-26-23)24(30)28-16-20-9-12-29(13-10-20)25(31)32-17-21-6-4-19(3)5-7-21/h4-8,11,14,18,20H,9-10,12-13,15-17H2,1-3H3,(H,26,27)(H,28,30). The van der Waals surface area contributed by atoms with Gasteiger partial charge in [0.15, 0.2) is 0 Å². The monoisotopic (exact) mass is 438 g/mol. The lowest BCUT2D eigenvalue weighted by Crippen LogP contribution is -2.41. The van der Waals surface area contributed by atoms with Crippen LogP contribution in [0.4, 0.5) is 10.6 Å². The van der Waals surface area contributed by atoms with Crippen LogP contribution in [0, 0.1) is 18.8 Å². The number of nitrogens with one attached hydrogen (secondary N) is 2. The van der Waals surface area contributed by atoms with Crippen LogP contribution >= 0.6 is 0 Å². The molecule has 0 saturated carbocycles. The predicted octanol–water partition coefficient (Wildman–Crippen LogP) is 4.24. The van der Waals surface area contributed by atoms with Gasteiger partial charge >= 0.3 is 6.09 Å². The average Bonchev–Trinajstić information content (AvgIpc) is 2.81. The van der Waals surface area contributed by atoms with Gasteiger partial charge in [-0.05, 0) is 49.3 Å². The highest BCUT2D eigenvalue weighted by molar-refractivity contribution is 5.94. The molecule has 0 unspecified atom stereocenters. The van der Waals surface area contributed by atoms with Crippen molar-refractivity contribution in [3.8, 4) is 0 Å². The van der Waals surface area contributed by atoms with E-state index in [-0.39, 0.29) is 18.6 Å². The number of aromatic nitrogens is 1. The highest BCUT2D eigenvalue weighted by Gasteiger charge is 2.24. The van der Waals surface area contributed by atoms with Gasteiger partial charge in [-0.25, -0.2) is 9.78 Å². The molecule has 1 aliphatic rings. The minimum Gasteiger partial charge on any atom is -0.445 e. The van der Waals surface area contributed by atoms with E-state index in [9.17, 15) is 9.59 Å². The van der Waals surface area contributed by atoms with Crippen molar-refractivity contribution in [3.63, 3.8) is 0 Å². The Hall–Kier alpha value is -3.09. The highest BCUT2D eigenvalue weighted by atomic mass is 16.6. The predicted molar refractivity (Wildman–Crippen MR) is 126 cm³/mol. The Morgan fingerprint density at radius 2 is 1.88 bits per heavy atom. The first-order valence-electron chi connectivity index (χ1n) is 11.4. The Labute approximate surface area is 190 Å². The fraction of sp³-hybridized carbons (Fsp3) is 0.480. The maximum atomic E-state index is 12.5. The number of hydrogen-bond acceptors (Lipinski definition) is 5. The third kappa shape index (κ3) is 7.25. The third-order valence-electron chi connectivity index (χ3n) is 5.62. The SMILES string of the molecule is Cc1ccc(COC(=O)N2CCC(CNC(=O)c3ccnc(NCC(C)C)c3)CC2)cc1. The van der Waals surface area contributed by atoms with Crippen molar-refractivity contribution >= 4 is 17.8 Å². The second-order valence-corrected chi connectivity index (χ2v) is 8.89. The van der Waals surface area contributed by atoms with Gasteiger partial charge in [0.1, 0.15) is 12.4 Å².